The Morgan fingerprint density at radius 3 is 2.71 bits per heavy atom. The fourth-order valence-electron chi connectivity index (χ4n) is 3.05. The minimum atomic E-state index is 0.117. The van der Waals surface area contributed by atoms with Crippen LogP contribution >= 0.6 is 0 Å². The second-order valence-corrected chi connectivity index (χ2v) is 6.03. The molecule has 1 aliphatic heterocycles. The molecule has 1 saturated heterocycles. The summed E-state index contributed by atoms with van der Waals surface area (Å²) in [6, 6.07) is 8.09. The van der Waals surface area contributed by atoms with E-state index in [9.17, 15) is 5.11 Å². The molecule has 0 spiro atoms. The van der Waals surface area contributed by atoms with Gasteiger partial charge in [0.15, 0.2) is 0 Å². The maximum Gasteiger partial charge on any atom is 0.118 e. The van der Waals surface area contributed by atoms with E-state index in [0.717, 1.165) is 38.2 Å². The van der Waals surface area contributed by atoms with Gasteiger partial charge < -0.3 is 9.84 Å². The van der Waals surface area contributed by atoms with Gasteiger partial charge >= 0.3 is 0 Å². The van der Waals surface area contributed by atoms with Gasteiger partial charge in [0.2, 0.25) is 0 Å². The normalized spacial score (nSPS) is 23.6. The van der Waals surface area contributed by atoms with E-state index in [1.807, 2.05) is 12.1 Å². The van der Waals surface area contributed by atoms with Crippen molar-refractivity contribution in [2.75, 3.05) is 33.4 Å². The van der Waals surface area contributed by atoms with Crippen LogP contribution in [0.5, 0.6) is 5.75 Å². The Hall–Kier alpha value is -1.32. The first-order chi connectivity index (χ1) is 10.2. The maximum absolute atomic E-state index is 9.66. The molecule has 0 amide bonds. The Labute approximate surface area is 128 Å². The lowest BCUT2D eigenvalue weighted by molar-refractivity contribution is 0.0344. The predicted octanol–water partition coefficient (Wildman–Crippen LogP) is 3.19. The summed E-state index contributed by atoms with van der Waals surface area (Å²) in [5, 5.41) is 9.66. The highest BCUT2D eigenvalue weighted by Crippen LogP contribution is 2.32. The number of rotatable bonds is 6. The maximum atomic E-state index is 9.66. The molecule has 1 N–H and O–H groups in total. The van der Waals surface area contributed by atoms with Crippen LogP contribution in [-0.2, 0) is 0 Å². The molecule has 2 rings (SSSR count). The molecule has 0 saturated carbocycles. The molecule has 0 aromatic heterocycles. The van der Waals surface area contributed by atoms with Crippen LogP contribution in [0.15, 0.2) is 30.3 Å². The number of hydrogen-bond donors (Lipinski definition) is 1. The number of nitrogens with zero attached hydrogens (tertiary/aromatic N) is 1. The molecule has 0 aliphatic carbocycles. The third-order valence-electron chi connectivity index (χ3n) is 4.62. The molecule has 116 valence electrons. The predicted molar refractivity (Wildman–Crippen MR) is 87.5 cm³/mol. The number of likely N-dealkylation sites (tertiary alicyclic amines) is 1. The molecule has 3 heteroatoms. The van der Waals surface area contributed by atoms with E-state index in [1.165, 1.54) is 12.0 Å². The highest BCUT2D eigenvalue weighted by atomic mass is 16.5. The van der Waals surface area contributed by atoms with Gasteiger partial charge in [0.05, 0.1) is 7.11 Å². The SMILES string of the molecule is CCC1(CO)CCCN(CC=Cc2ccc(OC)cc2)C1. The molecule has 1 heterocycles. The number of methoxy groups -OCH3 is 1. The van der Waals surface area contributed by atoms with E-state index in [0.29, 0.717) is 6.61 Å². The van der Waals surface area contributed by atoms with Gasteiger partial charge in [-0.05, 0) is 43.5 Å². The van der Waals surface area contributed by atoms with Crippen LogP contribution in [0.3, 0.4) is 0 Å². The molecule has 1 atom stereocenters. The van der Waals surface area contributed by atoms with Gasteiger partial charge in [-0.3, -0.25) is 4.90 Å². The van der Waals surface area contributed by atoms with Gasteiger partial charge in [0.25, 0.3) is 0 Å². The minimum Gasteiger partial charge on any atom is -0.497 e. The van der Waals surface area contributed by atoms with Gasteiger partial charge in [-0.15, -0.1) is 0 Å². The molecule has 1 aromatic rings. The molecule has 21 heavy (non-hydrogen) atoms. The number of hydrogen-bond acceptors (Lipinski definition) is 3. The third kappa shape index (κ3) is 4.32. The first-order valence-corrected chi connectivity index (χ1v) is 7.85. The van der Waals surface area contributed by atoms with Crippen molar-refractivity contribution in [1.29, 1.82) is 0 Å². The second kappa shape index (κ2) is 7.62. The summed E-state index contributed by atoms with van der Waals surface area (Å²) in [5.41, 5.74) is 1.31. The molecule has 0 bridgehead atoms. The van der Waals surface area contributed by atoms with Crippen LogP contribution in [0, 0.1) is 5.41 Å². The van der Waals surface area contributed by atoms with Crippen LogP contribution in [0.1, 0.15) is 31.7 Å². The van der Waals surface area contributed by atoms with E-state index in [-0.39, 0.29) is 5.41 Å². The highest BCUT2D eigenvalue weighted by molar-refractivity contribution is 5.50. The summed E-state index contributed by atoms with van der Waals surface area (Å²) in [6.07, 6.45) is 7.76. The largest absolute Gasteiger partial charge is 0.497 e. The topological polar surface area (TPSA) is 32.7 Å². The van der Waals surface area contributed by atoms with Crippen molar-refractivity contribution < 1.29 is 9.84 Å². The van der Waals surface area contributed by atoms with E-state index in [2.05, 4.69) is 36.1 Å². The fourth-order valence-corrected chi connectivity index (χ4v) is 3.05. The molecular weight excluding hydrogens is 262 g/mol. The van der Waals surface area contributed by atoms with E-state index in [1.54, 1.807) is 7.11 Å². The van der Waals surface area contributed by atoms with Crippen molar-refractivity contribution in [2.45, 2.75) is 26.2 Å². The zero-order valence-electron chi connectivity index (χ0n) is 13.2. The fraction of sp³-hybridized carbons (Fsp3) is 0.556. The zero-order chi connectivity index (χ0) is 15.1. The molecule has 1 aromatic carbocycles. The lowest BCUT2D eigenvalue weighted by Crippen LogP contribution is -2.45. The molecule has 1 fully saturated rings. The van der Waals surface area contributed by atoms with Gasteiger partial charge in [-0.2, -0.15) is 0 Å². The van der Waals surface area contributed by atoms with Crippen LogP contribution < -0.4 is 4.74 Å². The smallest absolute Gasteiger partial charge is 0.118 e. The quantitative estimate of drug-likeness (QED) is 0.873. The Balaban J connectivity index is 1.88. The average Bonchev–Trinajstić information content (AvgIpc) is 2.55. The summed E-state index contributed by atoms with van der Waals surface area (Å²) >= 11 is 0. The Morgan fingerprint density at radius 1 is 1.33 bits per heavy atom. The minimum absolute atomic E-state index is 0.117. The summed E-state index contributed by atoms with van der Waals surface area (Å²) in [5.74, 6) is 0.888. The molecule has 3 nitrogen and oxygen atoms in total. The van der Waals surface area contributed by atoms with Crippen LogP contribution in [0.25, 0.3) is 6.08 Å². The average molecular weight is 289 g/mol. The Kier molecular flexibility index (Phi) is 5.83. The number of aliphatic hydroxyl groups excluding tert-OH is 1. The van der Waals surface area contributed by atoms with Crippen molar-refractivity contribution in [2.24, 2.45) is 5.41 Å². The first kappa shape index (κ1) is 16.1. The van der Waals surface area contributed by atoms with E-state index in [4.69, 9.17) is 4.74 Å². The first-order valence-electron chi connectivity index (χ1n) is 7.85. The Morgan fingerprint density at radius 2 is 2.10 bits per heavy atom. The van der Waals surface area contributed by atoms with Gasteiger partial charge in [0, 0.05) is 25.1 Å². The van der Waals surface area contributed by atoms with Crippen molar-refractivity contribution in [3.8, 4) is 5.75 Å². The molecular formula is C18H27NO2. The van der Waals surface area contributed by atoms with Crippen molar-refractivity contribution in [3.05, 3.63) is 35.9 Å². The van der Waals surface area contributed by atoms with Gasteiger partial charge in [-0.25, -0.2) is 0 Å². The number of piperidine rings is 1. The number of aliphatic hydroxyl groups is 1. The van der Waals surface area contributed by atoms with Crippen LogP contribution in [0.4, 0.5) is 0 Å². The number of benzene rings is 1. The lowest BCUT2D eigenvalue weighted by Gasteiger charge is -2.41. The van der Waals surface area contributed by atoms with Crippen molar-refractivity contribution >= 4 is 6.08 Å². The molecule has 1 aliphatic rings. The van der Waals surface area contributed by atoms with Crippen LogP contribution in [-0.4, -0.2) is 43.4 Å². The third-order valence-corrected chi connectivity index (χ3v) is 4.62. The lowest BCUT2D eigenvalue weighted by atomic mass is 9.78. The van der Waals surface area contributed by atoms with E-state index >= 15 is 0 Å². The van der Waals surface area contributed by atoms with Crippen molar-refractivity contribution in [1.82, 2.24) is 4.90 Å². The summed E-state index contributed by atoms with van der Waals surface area (Å²) in [7, 11) is 1.68. The molecule has 1 unspecified atom stereocenters. The van der Waals surface area contributed by atoms with Crippen LogP contribution in [0.2, 0.25) is 0 Å². The van der Waals surface area contributed by atoms with Crippen molar-refractivity contribution in [3.63, 3.8) is 0 Å². The monoisotopic (exact) mass is 289 g/mol. The second-order valence-electron chi connectivity index (χ2n) is 6.03. The molecule has 0 radical (unpaired) electrons. The zero-order valence-corrected chi connectivity index (χ0v) is 13.2. The summed E-state index contributed by atoms with van der Waals surface area (Å²) < 4.78 is 5.16. The van der Waals surface area contributed by atoms with E-state index < -0.39 is 0 Å². The standard InChI is InChI=1S/C18H27NO2/c1-3-18(15-20)11-5-13-19(14-18)12-4-6-16-7-9-17(21-2)10-8-16/h4,6-10,20H,3,5,11-15H2,1-2H3. The Bertz CT molecular complexity index is 449. The summed E-state index contributed by atoms with van der Waals surface area (Å²) in [6.45, 7) is 5.59. The number of ether oxygens (including phenoxy) is 1. The summed E-state index contributed by atoms with van der Waals surface area (Å²) in [4.78, 5) is 2.45. The van der Waals surface area contributed by atoms with Gasteiger partial charge in [-0.1, -0.05) is 31.2 Å². The highest BCUT2D eigenvalue weighted by Gasteiger charge is 2.32. The van der Waals surface area contributed by atoms with Gasteiger partial charge in [0.1, 0.15) is 5.75 Å².